The number of oxazole rings is 4. The maximum Gasteiger partial charge on any atom is 0.416 e. The van der Waals surface area contributed by atoms with Gasteiger partial charge in [0.1, 0.15) is 28.8 Å². The first-order chi connectivity index (χ1) is 44.2. The minimum Gasteiger partial charge on any atom is -0.449 e. The highest BCUT2D eigenvalue weighted by molar-refractivity contribution is 14.1. The van der Waals surface area contributed by atoms with Crippen LogP contribution < -0.4 is 0 Å². The van der Waals surface area contributed by atoms with Gasteiger partial charge in [-0.1, -0.05) is 0 Å². The Morgan fingerprint density at radius 3 is 1.01 bits per heavy atom. The molecule has 0 aliphatic heterocycles. The Balaban J connectivity index is 0.000000242. The van der Waals surface area contributed by atoms with Crippen LogP contribution in [-0.2, 0) is 24.7 Å². The fraction of sp³-hybridized carbons (Fsp3) is 0.194. The fourth-order valence-corrected chi connectivity index (χ4v) is 9.69. The highest BCUT2D eigenvalue weighted by atomic mass is 127. The fourth-order valence-electron chi connectivity index (χ4n) is 8.76. The lowest BCUT2D eigenvalue weighted by Crippen LogP contribution is -2.05. The van der Waals surface area contributed by atoms with Crippen LogP contribution in [0.25, 0.3) is 101 Å². The second-order valence-electron chi connectivity index (χ2n) is 19.2. The molecule has 16 nitrogen and oxygen atoms in total. The van der Waals surface area contributed by atoms with Gasteiger partial charge in [-0.3, -0.25) is 9.24 Å². The average Bonchev–Trinajstić information content (AvgIpc) is 1.61. The van der Waals surface area contributed by atoms with Gasteiger partial charge in [0.2, 0.25) is 11.8 Å². The largest absolute Gasteiger partial charge is 0.449 e. The normalized spacial score (nSPS) is 11.8. The summed E-state index contributed by atoms with van der Waals surface area (Å²) in [5.41, 5.74) is -2.40. The Hall–Kier alpha value is -10.2. The number of furan rings is 2. The van der Waals surface area contributed by atoms with Crippen molar-refractivity contribution in [3.8, 4) is 115 Å². The number of rotatable bonds is 10. The maximum absolute atomic E-state index is 13.7. The van der Waals surface area contributed by atoms with E-state index in [-0.39, 0.29) is 117 Å². The molecule has 4 aromatic carbocycles. The molecule has 0 amide bonds. The van der Waals surface area contributed by atoms with Gasteiger partial charge in [0.25, 0.3) is 20.2 Å². The number of aromatic nitrogens is 4. The second kappa shape index (κ2) is 28.5. The van der Waals surface area contributed by atoms with Crippen LogP contribution in [0, 0.1) is 94.0 Å². The molecule has 0 saturated carbocycles. The van der Waals surface area contributed by atoms with Gasteiger partial charge in [0.05, 0.1) is 42.9 Å². The Morgan fingerprint density at radius 1 is 0.462 bits per heavy atom. The molecular formula is C62H35F13I2N10O6. The Bertz CT molecular complexity index is 4390. The van der Waals surface area contributed by atoms with Gasteiger partial charge in [-0.15, -0.1) is 0 Å². The van der Waals surface area contributed by atoms with Crippen molar-refractivity contribution >= 4 is 45.2 Å². The first-order valence-electron chi connectivity index (χ1n) is 26.3. The lowest BCUT2D eigenvalue weighted by atomic mass is 10.0. The third-order valence-electron chi connectivity index (χ3n) is 12.4. The van der Waals surface area contributed by atoms with Gasteiger partial charge in [-0.25, -0.2) is 33.1 Å². The predicted molar refractivity (Wildman–Crippen MR) is 319 cm³/mol. The Morgan fingerprint density at radius 2 is 0.753 bits per heavy atom. The van der Waals surface area contributed by atoms with Gasteiger partial charge >= 0.3 is 30.7 Å². The summed E-state index contributed by atoms with van der Waals surface area (Å²) >= 11 is 3.59. The van der Waals surface area contributed by atoms with Crippen molar-refractivity contribution in [2.75, 3.05) is 13.7 Å². The number of alkyl halides is 13. The van der Waals surface area contributed by atoms with Crippen LogP contribution in [0.15, 0.2) is 124 Å². The predicted octanol–water partition coefficient (Wildman–Crippen LogP) is 20.0. The van der Waals surface area contributed by atoms with Gasteiger partial charge in [-0.05, 0) is 147 Å². The minimum absolute atomic E-state index is 0.0139. The zero-order valence-corrected chi connectivity index (χ0v) is 51.7. The van der Waals surface area contributed by atoms with E-state index in [0.29, 0.717) is 11.1 Å². The molecular weight excluding hydrogens is 1480 g/mol. The van der Waals surface area contributed by atoms with E-state index in [0.717, 1.165) is 48.5 Å². The minimum atomic E-state index is -4.72. The summed E-state index contributed by atoms with van der Waals surface area (Å²) in [6, 6.07) is 24.0. The van der Waals surface area contributed by atoms with E-state index in [1.54, 1.807) is 81.6 Å². The second-order valence-corrected chi connectivity index (χ2v) is 21.1. The molecule has 0 radical (unpaired) electrons. The molecule has 1 atom stereocenters. The van der Waals surface area contributed by atoms with Crippen molar-refractivity contribution in [3.63, 3.8) is 0 Å². The lowest BCUT2D eigenvalue weighted by molar-refractivity contribution is -0.138. The third-order valence-corrected chi connectivity index (χ3v) is 13.4. The van der Waals surface area contributed by atoms with Crippen molar-refractivity contribution in [2.24, 2.45) is 0 Å². The van der Waals surface area contributed by atoms with E-state index in [9.17, 15) is 72.9 Å². The molecule has 6 heterocycles. The number of nitriles is 4. The number of hydrogen-bond donors (Lipinski definition) is 0. The van der Waals surface area contributed by atoms with Crippen molar-refractivity contribution in [1.82, 2.24) is 19.9 Å². The number of halogens is 15. The quantitative estimate of drug-likeness (QED) is 0.0536. The molecule has 1 unspecified atom stereocenters. The molecule has 0 fully saturated rings. The molecule has 10 aromatic rings. The van der Waals surface area contributed by atoms with Crippen molar-refractivity contribution < 1.29 is 84.9 Å². The first kappa shape index (κ1) is 68.7. The maximum atomic E-state index is 13.7. The number of benzene rings is 4. The molecule has 0 saturated heterocycles. The first-order valence-corrected chi connectivity index (χ1v) is 27.8. The summed E-state index contributed by atoms with van der Waals surface area (Å²) in [4.78, 5) is 22.7. The molecule has 0 bridgehead atoms. The molecule has 0 spiro atoms. The molecule has 10 rings (SSSR count). The van der Waals surface area contributed by atoms with E-state index >= 15 is 0 Å². The van der Waals surface area contributed by atoms with E-state index in [1.807, 2.05) is 0 Å². The van der Waals surface area contributed by atoms with Crippen molar-refractivity contribution in [2.45, 2.75) is 64.4 Å². The summed E-state index contributed by atoms with van der Waals surface area (Å²) in [7, 11) is -1.00. The molecule has 31 heteroatoms. The monoisotopic (exact) mass is 1520 g/mol. The highest BCUT2D eigenvalue weighted by Crippen LogP contribution is 2.46. The molecule has 0 N–H and O–H groups in total. The topological polar surface area (TPSA) is 234 Å². The van der Waals surface area contributed by atoms with Crippen LogP contribution in [0.3, 0.4) is 0 Å². The highest BCUT2D eigenvalue weighted by Gasteiger charge is 2.37. The van der Waals surface area contributed by atoms with Gasteiger partial charge < -0.3 is 31.3 Å². The third kappa shape index (κ3) is 16.5. The lowest BCUT2D eigenvalue weighted by Gasteiger charge is -2.10. The van der Waals surface area contributed by atoms with Gasteiger partial charge in [0, 0.05) is 67.4 Å². The van der Waals surface area contributed by atoms with Crippen LogP contribution in [0.1, 0.15) is 69.6 Å². The number of nitrogens with zero attached hydrogens (tertiary/aromatic N) is 10. The summed E-state index contributed by atoms with van der Waals surface area (Å²) in [5, 5.41) is 35.8. The van der Waals surface area contributed by atoms with Crippen LogP contribution in [0.4, 0.5) is 57.1 Å². The molecule has 474 valence electrons. The molecule has 0 aliphatic rings. The Kier molecular flexibility index (Phi) is 21.1. The summed E-state index contributed by atoms with van der Waals surface area (Å²) in [5.74, 6) is -2.86. The van der Waals surface area contributed by atoms with Crippen LogP contribution in [0.2, 0.25) is 0 Å². The molecule has 6 aromatic heterocycles. The number of hydrogen-bond acceptors (Lipinski definition) is 14. The van der Waals surface area contributed by atoms with Crippen LogP contribution >= 0.6 is 45.2 Å². The summed E-state index contributed by atoms with van der Waals surface area (Å²) in [6.45, 7) is 19.2. The standard InChI is InChI=1S/C32H16F6N6O3.C26H14F6I2N2O3.C3H2N2.CH3F/c1-15-6-17(10-20(8-15)31(33,34)35)25-27(46-29(43-25)19(12-39)13-40)23-4-5-24(45-23)28-26(44-30(47-28)22(14-41)42-3)18-7-16(2)9-21(11-18)32(36,37)38;1-11-5-13(9-15(7-11)25(27,28)29)19-21(38-23(33)35-19)17-3-4-18(37-17)22-20(36-24(34)39-22)14-6-12(2)8-16(10-14)26(30,31)32;1-5-3-2-4;1-2/h4-11,19,22H,1-2H3;3-10H,1-2H3;3H2;1H3/i;;;1D. The smallest absolute Gasteiger partial charge is 0.416 e. The van der Waals surface area contributed by atoms with E-state index in [4.69, 9.17) is 46.3 Å². The average molecular weight is 1520 g/mol. The van der Waals surface area contributed by atoms with Crippen molar-refractivity contribution in [1.29, 1.82) is 21.0 Å². The zero-order valence-electron chi connectivity index (χ0n) is 48.4. The van der Waals surface area contributed by atoms with Gasteiger partial charge in [0.15, 0.2) is 52.2 Å². The summed E-state index contributed by atoms with van der Waals surface area (Å²) in [6.07, 6.45) is -18.6. The van der Waals surface area contributed by atoms with Crippen LogP contribution in [-0.4, -0.2) is 33.6 Å². The molecule has 0 aliphatic carbocycles. The van der Waals surface area contributed by atoms with E-state index in [2.05, 4.69) is 29.6 Å². The van der Waals surface area contributed by atoms with Crippen molar-refractivity contribution in [3.05, 3.63) is 184 Å². The van der Waals surface area contributed by atoms with Gasteiger partial charge in [-0.2, -0.15) is 73.7 Å². The van der Waals surface area contributed by atoms with E-state index in [1.165, 1.54) is 64.1 Å². The number of aryl methyl sites for hydroxylation is 4. The van der Waals surface area contributed by atoms with Crippen LogP contribution in [0.5, 0.6) is 0 Å². The SMILES string of the molecule is Cc1cc(-c2nc(I)oc2-c2ccc(-c3oc(I)nc3-c3cc(C)cc(C(F)(F)F)c3)o2)cc(C(F)(F)F)c1.[2H]CF.[C-]#[N+]C(C#N)c1nc(-c2cc(C)cc(C(F)(F)F)c2)c(-c2ccc(-c3oc(C(C#N)C#N)nc3-c3cc(C)cc(C(F)(F)F)c3)o2)o1.[C-]#[N+]CC#N. The molecule has 93 heavy (non-hydrogen) atoms. The Labute approximate surface area is 545 Å². The summed E-state index contributed by atoms with van der Waals surface area (Å²) < 4.78 is 213. The van der Waals surface area contributed by atoms with E-state index < -0.39 is 77.9 Å². The zero-order chi connectivity index (χ0) is 69.4.